The highest BCUT2D eigenvalue weighted by molar-refractivity contribution is 5.81. The summed E-state index contributed by atoms with van der Waals surface area (Å²) in [5, 5.41) is 0. The molecule has 2 nitrogen and oxygen atoms in total. The molecule has 1 fully saturated rings. The summed E-state index contributed by atoms with van der Waals surface area (Å²) in [7, 11) is 1.48. The molecule has 13 heavy (non-hydrogen) atoms. The maximum absolute atomic E-state index is 11.6. The first-order chi connectivity index (χ1) is 5.85. The van der Waals surface area contributed by atoms with Crippen molar-refractivity contribution >= 4 is 5.97 Å². The molecule has 0 aromatic heterocycles. The van der Waals surface area contributed by atoms with Gasteiger partial charge in [-0.1, -0.05) is 27.7 Å². The van der Waals surface area contributed by atoms with Gasteiger partial charge in [-0.05, 0) is 24.2 Å². The zero-order valence-electron chi connectivity index (χ0n) is 9.31. The average Bonchev–Trinajstić information content (AvgIpc) is 2.51. The van der Waals surface area contributed by atoms with Crippen LogP contribution in [0.15, 0.2) is 0 Å². The second-order valence-corrected chi connectivity index (χ2v) is 5.23. The van der Waals surface area contributed by atoms with Gasteiger partial charge in [0.15, 0.2) is 0 Å². The maximum Gasteiger partial charge on any atom is 0.312 e. The van der Waals surface area contributed by atoms with Gasteiger partial charge < -0.3 is 4.74 Å². The molecular weight excluding hydrogens is 164 g/mol. The minimum absolute atomic E-state index is 0.0220. The van der Waals surface area contributed by atoms with Crippen molar-refractivity contribution in [2.45, 2.75) is 40.5 Å². The Morgan fingerprint density at radius 2 is 1.92 bits per heavy atom. The standard InChI is InChI=1S/C11H20O2/c1-8(2)6-11(9(12)13-5)7-10(11,3)4/h8H,6-7H2,1-5H3. The monoisotopic (exact) mass is 184 g/mol. The Labute approximate surface area is 80.7 Å². The molecule has 0 N–H and O–H groups in total. The fourth-order valence-corrected chi connectivity index (χ4v) is 2.38. The molecule has 0 saturated heterocycles. The van der Waals surface area contributed by atoms with Crippen LogP contribution < -0.4 is 0 Å². The van der Waals surface area contributed by atoms with Crippen LogP contribution in [-0.2, 0) is 9.53 Å². The summed E-state index contributed by atoms with van der Waals surface area (Å²) in [5.74, 6) is 0.534. The Morgan fingerprint density at radius 3 is 2.15 bits per heavy atom. The molecule has 0 aliphatic heterocycles. The largest absolute Gasteiger partial charge is 0.469 e. The molecule has 1 rings (SSSR count). The van der Waals surface area contributed by atoms with Crippen molar-refractivity contribution in [2.75, 3.05) is 7.11 Å². The number of hydrogen-bond donors (Lipinski definition) is 0. The number of methoxy groups -OCH3 is 1. The predicted octanol–water partition coefficient (Wildman–Crippen LogP) is 2.62. The summed E-state index contributed by atoms with van der Waals surface area (Å²) in [6, 6.07) is 0. The molecule has 1 aliphatic carbocycles. The Balaban J connectivity index is 2.75. The van der Waals surface area contributed by atoms with Gasteiger partial charge in [0, 0.05) is 0 Å². The predicted molar refractivity (Wildman–Crippen MR) is 52.3 cm³/mol. The van der Waals surface area contributed by atoms with E-state index in [-0.39, 0.29) is 16.8 Å². The van der Waals surface area contributed by atoms with E-state index in [0.29, 0.717) is 5.92 Å². The van der Waals surface area contributed by atoms with Crippen LogP contribution in [0.2, 0.25) is 0 Å². The van der Waals surface area contributed by atoms with Gasteiger partial charge in [-0.15, -0.1) is 0 Å². The fourth-order valence-electron chi connectivity index (χ4n) is 2.38. The number of hydrogen-bond acceptors (Lipinski definition) is 2. The normalized spacial score (nSPS) is 30.3. The van der Waals surface area contributed by atoms with Crippen molar-refractivity contribution in [3.05, 3.63) is 0 Å². The highest BCUT2D eigenvalue weighted by Crippen LogP contribution is 2.66. The lowest BCUT2D eigenvalue weighted by Gasteiger charge is -2.19. The average molecular weight is 184 g/mol. The van der Waals surface area contributed by atoms with E-state index < -0.39 is 0 Å². The van der Waals surface area contributed by atoms with Crippen LogP contribution in [0.3, 0.4) is 0 Å². The zero-order chi connectivity index (χ0) is 10.3. The van der Waals surface area contributed by atoms with E-state index in [4.69, 9.17) is 4.74 Å². The van der Waals surface area contributed by atoms with Crippen molar-refractivity contribution in [3.63, 3.8) is 0 Å². The lowest BCUT2D eigenvalue weighted by molar-refractivity contribution is -0.149. The molecule has 0 aromatic carbocycles. The van der Waals surface area contributed by atoms with Crippen LogP contribution in [0.5, 0.6) is 0 Å². The Kier molecular flexibility index (Phi) is 2.44. The molecule has 0 bridgehead atoms. The van der Waals surface area contributed by atoms with Crippen molar-refractivity contribution in [2.24, 2.45) is 16.7 Å². The third-order valence-corrected chi connectivity index (χ3v) is 3.25. The number of carbonyl (C=O) groups is 1. The van der Waals surface area contributed by atoms with E-state index in [0.717, 1.165) is 12.8 Å². The van der Waals surface area contributed by atoms with Gasteiger partial charge in [0.1, 0.15) is 0 Å². The van der Waals surface area contributed by atoms with E-state index in [1.807, 2.05) is 0 Å². The van der Waals surface area contributed by atoms with Crippen LogP contribution in [0.25, 0.3) is 0 Å². The van der Waals surface area contributed by atoms with Crippen molar-refractivity contribution < 1.29 is 9.53 Å². The molecule has 1 aliphatic rings. The summed E-state index contributed by atoms with van der Waals surface area (Å²) < 4.78 is 4.88. The SMILES string of the molecule is COC(=O)C1(CC(C)C)CC1(C)C. The third-order valence-electron chi connectivity index (χ3n) is 3.25. The zero-order valence-corrected chi connectivity index (χ0v) is 9.31. The first-order valence-corrected chi connectivity index (χ1v) is 4.94. The third kappa shape index (κ3) is 1.59. The minimum Gasteiger partial charge on any atom is -0.469 e. The highest BCUT2D eigenvalue weighted by atomic mass is 16.5. The van der Waals surface area contributed by atoms with Crippen LogP contribution in [-0.4, -0.2) is 13.1 Å². The summed E-state index contributed by atoms with van der Waals surface area (Å²) in [6.07, 6.45) is 1.93. The van der Waals surface area contributed by atoms with Gasteiger partial charge in [-0.2, -0.15) is 0 Å². The van der Waals surface area contributed by atoms with Gasteiger partial charge in [-0.25, -0.2) is 0 Å². The molecule has 1 saturated carbocycles. The Bertz CT molecular complexity index is 218. The van der Waals surface area contributed by atoms with Crippen LogP contribution >= 0.6 is 0 Å². The number of esters is 1. The first-order valence-electron chi connectivity index (χ1n) is 4.94. The van der Waals surface area contributed by atoms with E-state index in [1.165, 1.54) is 7.11 Å². The van der Waals surface area contributed by atoms with Crippen molar-refractivity contribution in [1.29, 1.82) is 0 Å². The second-order valence-electron chi connectivity index (χ2n) is 5.23. The van der Waals surface area contributed by atoms with Crippen LogP contribution in [0.1, 0.15) is 40.5 Å². The molecule has 76 valence electrons. The van der Waals surface area contributed by atoms with Crippen molar-refractivity contribution in [1.82, 2.24) is 0 Å². The van der Waals surface area contributed by atoms with Gasteiger partial charge in [0.05, 0.1) is 12.5 Å². The van der Waals surface area contributed by atoms with E-state index in [1.54, 1.807) is 0 Å². The molecular formula is C11H20O2. The van der Waals surface area contributed by atoms with E-state index in [2.05, 4.69) is 27.7 Å². The van der Waals surface area contributed by atoms with Crippen molar-refractivity contribution in [3.8, 4) is 0 Å². The molecule has 0 spiro atoms. The molecule has 0 amide bonds. The molecule has 1 unspecified atom stereocenters. The molecule has 0 heterocycles. The second kappa shape index (κ2) is 3.00. The number of ether oxygens (including phenoxy) is 1. The summed E-state index contributed by atoms with van der Waals surface area (Å²) in [6.45, 7) is 8.59. The Morgan fingerprint density at radius 1 is 1.46 bits per heavy atom. The quantitative estimate of drug-likeness (QED) is 0.630. The van der Waals surface area contributed by atoms with Gasteiger partial charge >= 0.3 is 5.97 Å². The summed E-state index contributed by atoms with van der Waals surface area (Å²) >= 11 is 0. The van der Waals surface area contributed by atoms with Gasteiger partial charge in [0.2, 0.25) is 0 Å². The Hall–Kier alpha value is -0.530. The fraction of sp³-hybridized carbons (Fsp3) is 0.909. The van der Waals surface area contributed by atoms with Crippen LogP contribution in [0, 0.1) is 16.7 Å². The number of carbonyl (C=O) groups excluding carboxylic acids is 1. The number of rotatable bonds is 3. The maximum atomic E-state index is 11.6. The molecule has 0 radical (unpaired) electrons. The smallest absolute Gasteiger partial charge is 0.312 e. The van der Waals surface area contributed by atoms with Crippen LogP contribution in [0.4, 0.5) is 0 Å². The molecule has 2 heteroatoms. The minimum atomic E-state index is -0.185. The first kappa shape index (κ1) is 10.6. The highest BCUT2D eigenvalue weighted by Gasteiger charge is 2.66. The lowest BCUT2D eigenvalue weighted by Crippen LogP contribution is -2.24. The van der Waals surface area contributed by atoms with E-state index >= 15 is 0 Å². The molecule has 0 aromatic rings. The summed E-state index contributed by atoms with van der Waals surface area (Å²) in [4.78, 5) is 11.6. The summed E-state index contributed by atoms with van der Waals surface area (Å²) in [5.41, 5.74) is -0.0414. The molecule has 1 atom stereocenters. The topological polar surface area (TPSA) is 26.3 Å². The lowest BCUT2D eigenvalue weighted by atomic mass is 9.87. The van der Waals surface area contributed by atoms with Gasteiger partial charge in [-0.3, -0.25) is 4.79 Å². The van der Waals surface area contributed by atoms with E-state index in [9.17, 15) is 4.79 Å². The van der Waals surface area contributed by atoms with Gasteiger partial charge in [0.25, 0.3) is 0 Å².